The van der Waals surface area contributed by atoms with Crippen LogP contribution >= 0.6 is 0 Å². The van der Waals surface area contributed by atoms with E-state index in [4.69, 9.17) is 0 Å². The van der Waals surface area contributed by atoms with Gasteiger partial charge in [-0.3, -0.25) is 4.68 Å². The Morgan fingerprint density at radius 3 is 2.45 bits per heavy atom. The minimum Gasteiger partial charge on any atom is -0.268 e. The van der Waals surface area contributed by atoms with Crippen LogP contribution in [0.1, 0.15) is 11.3 Å². The molecule has 0 atom stereocenters. The van der Waals surface area contributed by atoms with Gasteiger partial charge in [0.25, 0.3) is 0 Å². The highest BCUT2D eigenvalue weighted by Crippen LogP contribution is 2.27. The third kappa shape index (κ3) is 2.39. The first-order valence-electron chi connectivity index (χ1n) is 6.11. The van der Waals surface area contributed by atoms with E-state index in [-0.39, 0.29) is 0 Å². The van der Waals surface area contributed by atoms with E-state index in [0.717, 1.165) is 22.4 Å². The summed E-state index contributed by atoms with van der Waals surface area (Å²) < 4.78 is 38.9. The zero-order valence-electron chi connectivity index (χ0n) is 10.4. The predicted octanol–water partition coefficient (Wildman–Crippen LogP) is 4.10. The molecule has 1 aromatic heterocycles. The van der Waals surface area contributed by atoms with Gasteiger partial charge in [-0.05, 0) is 22.4 Å². The maximum Gasteiger partial charge on any atom is 0.435 e. The number of alkyl halides is 3. The first-order chi connectivity index (χ1) is 9.54. The largest absolute Gasteiger partial charge is 0.435 e. The number of aromatic nitrogens is 2. The summed E-state index contributed by atoms with van der Waals surface area (Å²) in [5.41, 5.74) is 0.0812. The van der Waals surface area contributed by atoms with Crippen LogP contribution in [0.2, 0.25) is 0 Å². The number of rotatable bonds is 2. The zero-order valence-corrected chi connectivity index (χ0v) is 10.4. The monoisotopic (exact) mass is 276 g/mol. The van der Waals surface area contributed by atoms with Crippen LogP contribution in [0.4, 0.5) is 13.2 Å². The van der Waals surface area contributed by atoms with E-state index >= 15 is 0 Å². The van der Waals surface area contributed by atoms with E-state index in [1.165, 1.54) is 10.9 Å². The van der Waals surface area contributed by atoms with Crippen molar-refractivity contribution in [1.29, 1.82) is 0 Å². The number of nitrogens with zero attached hydrogens (tertiary/aromatic N) is 2. The van der Waals surface area contributed by atoms with Crippen molar-refractivity contribution >= 4 is 10.8 Å². The molecule has 5 heteroatoms. The van der Waals surface area contributed by atoms with E-state index in [0.29, 0.717) is 6.54 Å². The molecule has 0 radical (unpaired) electrons. The van der Waals surface area contributed by atoms with Crippen LogP contribution in [0.3, 0.4) is 0 Å². The molecular formula is C15H11F3N2. The molecule has 1 heterocycles. The van der Waals surface area contributed by atoms with Gasteiger partial charge in [-0.2, -0.15) is 18.3 Å². The number of hydrogen-bond donors (Lipinski definition) is 0. The molecule has 2 nitrogen and oxygen atoms in total. The molecule has 0 spiro atoms. The molecule has 20 heavy (non-hydrogen) atoms. The molecule has 0 aliphatic heterocycles. The highest BCUT2D eigenvalue weighted by molar-refractivity contribution is 5.85. The molecule has 0 aliphatic rings. The highest BCUT2D eigenvalue weighted by Gasteiger charge is 2.33. The average molecular weight is 276 g/mol. The number of fused-ring (bicyclic) bond motifs is 1. The molecule has 0 aliphatic carbocycles. The fourth-order valence-corrected chi connectivity index (χ4v) is 2.21. The summed E-state index contributed by atoms with van der Waals surface area (Å²) in [5, 5.41) is 5.67. The maximum absolute atomic E-state index is 12.5. The normalized spacial score (nSPS) is 11.9. The van der Waals surface area contributed by atoms with Crippen LogP contribution in [0.5, 0.6) is 0 Å². The maximum atomic E-state index is 12.5. The van der Waals surface area contributed by atoms with Gasteiger partial charge in [-0.15, -0.1) is 0 Å². The second-order valence-electron chi connectivity index (χ2n) is 4.53. The molecule has 0 N–H and O–H groups in total. The van der Waals surface area contributed by atoms with Gasteiger partial charge in [-0.25, -0.2) is 0 Å². The van der Waals surface area contributed by atoms with Gasteiger partial charge in [0, 0.05) is 6.20 Å². The fourth-order valence-electron chi connectivity index (χ4n) is 2.21. The van der Waals surface area contributed by atoms with Crippen molar-refractivity contribution in [1.82, 2.24) is 9.78 Å². The Morgan fingerprint density at radius 1 is 0.950 bits per heavy atom. The lowest BCUT2D eigenvalue weighted by molar-refractivity contribution is -0.141. The molecular weight excluding hydrogens is 265 g/mol. The van der Waals surface area contributed by atoms with Gasteiger partial charge in [-0.1, -0.05) is 42.5 Å². The average Bonchev–Trinajstić information content (AvgIpc) is 2.88. The van der Waals surface area contributed by atoms with Crippen LogP contribution in [0.15, 0.2) is 54.7 Å². The van der Waals surface area contributed by atoms with Crippen molar-refractivity contribution in [3.05, 3.63) is 66.0 Å². The predicted molar refractivity (Wildman–Crippen MR) is 70.3 cm³/mol. The first-order valence-corrected chi connectivity index (χ1v) is 6.11. The lowest BCUT2D eigenvalue weighted by atomic mass is 10.0. The van der Waals surface area contributed by atoms with Crippen molar-refractivity contribution in [2.45, 2.75) is 12.7 Å². The Hall–Kier alpha value is -2.30. The highest BCUT2D eigenvalue weighted by atomic mass is 19.4. The van der Waals surface area contributed by atoms with Crippen LogP contribution in [-0.4, -0.2) is 9.78 Å². The van der Waals surface area contributed by atoms with Crippen LogP contribution in [0, 0.1) is 0 Å². The van der Waals surface area contributed by atoms with Crippen LogP contribution in [-0.2, 0) is 12.7 Å². The minimum atomic E-state index is -4.40. The van der Waals surface area contributed by atoms with E-state index in [2.05, 4.69) is 5.10 Å². The van der Waals surface area contributed by atoms with E-state index in [1.54, 1.807) is 0 Å². The quantitative estimate of drug-likeness (QED) is 0.689. The van der Waals surface area contributed by atoms with Crippen molar-refractivity contribution < 1.29 is 13.2 Å². The van der Waals surface area contributed by atoms with Gasteiger partial charge in [0.15, 0.2) is 5.69 Å². The lowest BCUT2D eigenvalue weighted by Crippen LogP contribution is -2.08. The molecule has 0 fully saturated rings. The minimum absolute atomic E-state index is 0.317. The molecule has 0 saturated heterocycles. The standard InChI is InChI=1S/C15H11F3N2/c16-15(17,18)14-8-9-20(19-14)10-12-6-3-5-11-4-1-2-7-13(11)12/h1-9H,10H2. The van der Waals surface area contributed by atoms with Crippen LogP contribution < -0.4 is 0 Å². The van der Waals surface area contributed by atoms with Gasteiger partial charge >= 0.3 is 6.18 Å². The molecule has 0 amide bonds. The summed E-state index contributed by atoms with van der Waals surface area (Å²) in [7, 11) is 0. The topological polar surface area (TPSA) is 17.8 Å². The Labute approximate surface area is 113 Å². The Bertz CT molecular complexity index is 739. The Morgan fingerprint density at radius 2 is 1.70 bits per heavy atom. The molecule has 2 aromatic carbocycles. The van der Waals surface area contributed by atoms with Gasteiger partial charge < -0.3 is 0 Å². The summed E-state index contributed by atoms with van der Waals surface area (Å²) in [6, 6.07) is 14.5. The van der Waals surface area contributed by atoms with Crippen LogP contribution in [0.25, 0.3) is 10.8 Å². The Balaban J connectivity index is 1.96. The summed E-state index contributed by atoms with van der Waals surface area (Å²) >= 11 is 0. The van der Waals surface area contributed by atoms with Crippen molar-refractivity contribution in [3.63, 3.8) is 0 Å². The zero-order chi connectivity index (χ0) is 14.2. The lowest BCUT2D eigenvalue weighted by Gasteiger charge is -2.07. The first kappa shape index (κ1) is 12.7. The third-order valence-corrected chi connectivity index (χ3v) is 3.14. The number of halogens is 3. The summed E-state index contributed by atoms with van der Waals surface area (Å²) in [5.74, 6) is 0. The molecule has 0 bridgehead atoms. The fraction of sp³-hybridized carbons (Fsp3) is 0.133. The molecule has 0 saturated carbocycles. The van der Waals surface area contributed by atoms with E-state index in [1.807, 2.05) is 42.5 Å². The Kier molecular flexibility index (Phi) is 2.97. The molecule has 3 rings (SSSR count). The number of hydrogen-bond acceptors (Lipinski definition) is 1. The number of benzene rings is 2. The van der Waals surface area contributed by atoms with E-state index in [9.17, 15) is 13.2 Å². The third-order valence-electron chi connectivity index (χ3n) is 3.14. The van der Waals surface area contributed by atoms with Crippen molar-refractivity contribution in [3.8, 4) is 0 Å². The van der Waals surface area contributed by atoms with Gasteiger partial charge in [0.2, 0.25) is 0 Å². The van der Waals surface area contributed by atoms with Crippen molar-refractivity contribution in [2.75, 3.05) is 0 Å². The summed E-state index contributed by atoms with van der Waals surface area (Å²) in [6.45, 7) is 0.317. The molecule has 3 aromatic rings. The molecule has 102 valence electrons. The summed E-state index contributed by atoms with van der Waals surface area (Å²) in [6.07, 6.45) is -3.05. The van der Waals surface area contributed by atoms with Gasteiger partial charge in [0.05, 0.1) is 6.54 Å². The second kappa shape index (κ2) is 4.67. The SMILES string of the molecule is FC(F)(F)c1ccn(Cc2cccc3ccccc23)n1. The summed E-state index contributed by atoms with van der Waals surface area (Å²) in [4.78, 5) is 0. The molecule has 0 unspecified atom stereocenters. The van der Waals surface area contributed by atoms with Crippen molar-refractivity contribution in [2.24, 2.45) is 0 Å². The second-order valence-corrected chi connectivity index (χ2v) is 4.53. The smallest absolute Gasteiger partial charge is 0.268 e. The van der Waals surface area contributed by atoms with E-state index < -0.39 is 11.9 Å². The van der Waals surface area contributed by atoms with Gasteiger partial charge in [0.1, 0.15) is 0 Å².